The summed E-state index contributed by atoms with van der Waals surface area (Å²) in [6.07, 6.45) is 8.07. The van der Waals surface area contributed by atoms with Gasteiger partial charge in [0.05, 0.1) is 6.26 Å². The summed E-state index contributed by atoms with van der Waals surface area (Å²) in [5.41, 5.74) is 0. The van der Waals surface area contributed by atoms with E-state index in [0.717, 1.165) is 18.6 Å². The molecule has 0 unspecified atom stereocenters. The van der Waals surface area contributed by atoms with E-state index < -0.39 is 5.97 Å². The zero-order valence-corrected chi connectivity index (χ0v) is 6.82. The lowest BCUT2D eigenvalue weighted by molar-refractivity contribution is -0.137. The number of unbranched alkanes of at least 4 members (excludes halogenated alkanes) is 1. The summed E-state index contributed by atoms with van der Waals surface area (Å²) in [5.74, 6) is 0.194. The van der Waals surface area contributed by atoms with E-state index in [1.165, 1.54) is 0 Å². The monoisotopic (exact) mass is 168 g/mol. The van der Waals surface area contributed by atoms with Crippen LogP contribution in [0.1, 0.15) is 25.7 Å². The molecule has 0 aromatic heterocycles. The Labute approximate surface area is 71.3 Å². The van der Waals surface area contributed by atoms with Crippen LogP contribution in [0.3, 0.4) is 0 Å². The van der Waals surface area contributed by atoms with E-state index in [2.05, 4.69) is 0 Å². The quantitative estimate of drug-likeness (QED) is 0.653. The molecule has 3 heteroatoms. The van der Waals surface area contributed by atoms with Crippen LogP contribution in [0.5, 0.6) is 0 Å². The topological polar surface area (TPSA) is 46.5 Å². The highest BCUT2D eigenvalue weighted by molar-refractivity contribution is 5.66. The van der Waals surface area contributed by atoms with Crippen molar-refractivity contribution in [1.82, 2.24) is 0 Å². The van der Waals surface area contributed by atoms with Crippen LogP contribution < -0.4 is 0 Å². The van der Waals surface area contributed by atoms with Crippen LogP contribution in [0.4, 0.5) is 0 Å². The minimum absolute atomic E-state index is 0.233. The molecule has 1 aliphatic rings. The standard InChI is InChI=1S/C9H12O3/c10-9(11)6-2-1-4-8-5-3-7-12-8/h3-4,7H,1-2,5-6H2,(H,10,11). The summed E-state index contributed by atoms with van der Waals surface area (Å²) in [4.78, 5) is 10.1. The van der Waals surface area contributed by atoms with E-state index >= 15 is 0 Å². The van der Waals surface area contributed by atoms with Crippen molar-refractivity contribution in [1.29, 1.82) is 0 Å². The first-order valence-electron chi connectivity index (χ1n) is 4.01. The minimum Gasteiger partial charge on any atom is -0.481 e. The first kappa shape index (κ1) is 8.84. The van der Waals surface area contributed by atoms with Gasteiger partial charge < -0.3 is 9.84 Å². The lowest BCUT2D eigenvalue weighted by atomic mass is 10.2. The second kappa shape index (κ2) is 4.59. The Bertz CT molecular complexity index is 206. The van der Waals surface area contributed by atoms with E-state index in [0.29, 0.717) is 6.42 Å². The summed E-state index contributed by atoms with van der Waals surface area (Å²) in [5, 5.41) is 8.34. The third kappa shape index (κ3) is 3.23. The largest absolute Gasteiger partial charge is 0.481 e. The molecule has 0 aromatic carbocycles. The zero-order chi connectivity index (χ0) is 8.81. The molecule has 0 fully saturated rings. The van der Waals surface area contributed by atoms with Crippen LogP contribution in [0.15, 0.2) is 24.2 Å². The predicted octanol–water partition coefficient (Wildman–Crippen LogP) is 2.06. The van der Waals surface area contributed by atoms with Gasteiger partial charge in [0.1, 0.15) is 5.76 Å². The zero-order valence-electron chi connectivity index (χ0n) is 6.82. The second-order valence-corrected chi connectivity index (χ2v) is 2.65. The molecule has 1 heterocycles. The van der Waals surface area contributed by atoms with Gasteiger partial charge in [-0.2, -0.15) is 0 Å². The van der Waals surface area contributed by atoms with E-state index in [9.17, 15) is 4.79 Å². The van der Waals surface area contributed by atoms with Crippen LogP contribution in [-0.2, 0) is 9.53 Å². The van der Waals surface area contributed by atoms with Crippen LogP contribution in [0, 0.1) is 0 Å². The van der Waals surface area contributed by atoms with E-state index in [1.807, 2.05) is 12.2 Å². The number of hydrogen-bond donors (Lipinski definition) is 1. The molecular weight excluding hydrogens is 156 g/mol. The van der Waals surface area contributed by atoms with Gasteiger partial charge in [-0.3, -0.25) is 4.79 Å². The molecule has 0 bridgehead atoms. The highest BCUT2D eigenvalue weighted by atomic mass is 16.5. The first-order chi connectivity index (χ1) is 5.79. The lowest BCUT2D eigenvalue weighted by Crippen LogP contribution is -1.92. The molecular formula is C9H12O3. The van der Waals surface area contributed by atoms with E-state index in [-0.39, 0.29) is 6.42 Å². The molecule has 0 aromatic rings. The molecule has 0 aliphatic carbocycles. The molecule has 12 heavy (non-hydrogen) atoms. The van der Waals surface area contributed by atoms with Crippen molar-refractivity contribution in [3.63, 3.8) is 0 Å². The van der Waals surface area contributed by atoms with Gasteiger partial charge in [0, 0.05) is 12.8 Å². The minimum atomic E-state index is -0.737. The highest BCUT2D eigenvalue weighted by Crippen LogP contribution is 2.14. The molecule has 0 spiro atoms. The molecule has 0 saturated carbocycles. The Hall–Kier alpha value is -1.25. The van der Waals surface area contributed by atoms with Crippen molar-refractivity contribution in [2.75, 3.05) is 0 Å². The van der Waals surface area contributed by atoms with Crippen molar-refractivity contribution >= 4 is 5.97 Å². The maximum Gasteiger partial charge on any atom is 0.303 e. The molecule has 1 N–H and O–H groups in total. The van der Waals surface area contributed by atoms with Crippen molar-refractivity contribution in [2.45, 2.75) is 25.7 Å². The number of ether oxygens (including phenoxy) is 1. The Morgan fingerprint density at radius 2 is 2.58 bits per heavy atom. The molecule has 66 valence electrons. The fraction of sp³-hybridized carbons (Fsp3) is 0.444. The third-order valence-corrected chi connectivity index (χ3v) is 1.60. The fourth-order valence-electron chi connectivity index (χ4n) is 0.996. The van der Waals surface area contributed by atoms with Gasteiger partial charge in [0.15, 0.2) is 0 Å². The first-order valence-corrected chi connectivity index (χ1v) is 4.01. The number of hydrogen-bond acceptors (Lipinski definition) is 2. The van der Waals surface area contributed by atoms with Gasteiger partial charge in [-0.15, -0.1) is 0 Å². The van der Waals surface area contributed by atoms with Gasteiger partial charge in [-0.1, -0.05) is 0 Å². The van der Waals surface area contributed by atoms with Gasteiger partial charge >= 0.3 is 5.97 Å². The smallest absolute Gasteiger partial charge is 0.303 e. The lowest BCUT2D eigenvalue weighted by Gasteiger charge is -1.96. The number of carboxylic acids is 1. The van der Waals surface area contributed by atoms with Crippen molar-refractivity contribution in [3.05, 3.63) is 24.2 Å². The summed E-state index contributed by atoms with van der Waals surface area (Å²) >= 11 is 0. The summed E-state index contributed by atoms with van der Waals surface area (Å²) in [6, 6.07) is 0. The summed E-state index contributed by atoms with van der Waals surface area (Å²) in [7, 11) is 0. The van der Waals surface area contributed by atoms with Crippen molar-refractivity contribution in [2.24, 2.45) is 0 Å². The number of allylic oxidation sites excluding steroid dienone is 2. The number of carbonyl (C=O) groups is 1. The van der Waals surface area contributed by atoms with Gasteiger partial charge in [0.2, 0.25) is 0 Å². The number of carboxylic acid groups (broad SMARTS) is 1. The average Bonchev–Trinajstić information content (AvgIpc) is 2.49. The molecule has 1 rings (SSSR count). The van der Waals surface area contributed by atoms with Gasteiger partial charge in [-0.25, -0.2) is 0 Å². The number of rotatable bonds is 4. The van der Waals surface area contributed by atoms with Crippen molar-refractivity contribution < 1.29 is 14.6 Å². The Kier molecular flexibility index (Phi) is 3.38. The average molecular weight is 168 g/mol. The SMILES string of the molecule is O=C(O)CCCC=C1CC=CO1. The normalized spacial score (nSPS) is 18.2. The fourth-order valence-corrected chi connectivity index (χ4v) is 0.996. The Morgan fingerprint density at radius 3 is 3.17 bits per heavy atom. The maximum atomic E-state index is 10.1. The van der Waals surface area contributed by atoms with Crippen molar-refractivity contribution in [3.8, 4) is 0 Å². The molecule has 0 radical (unpaired) electrons. The molecule has 0 saturated heterocycles. The van der Waals surface area contributed by atoms with Crippen LogP contribution in [0.2, 0.25) is 0 Å². The Morgan fingerprint density at radius 1 is 1.75 bits per heavy atom. The van der Waals surface area contributed by atoms with E-state index in [1.54, 1.807) is 6.26 Å². The Balaban J connectivity index is 2.09. The molecule has 1 aliphatic heterocycles. The van der Waals surface area contributed by atoms with E-state index in [4.69, 9.17) is 9.84 Å². The summed E-state index contributed by atoms with van der Waals surface area (Å²) in [6.45, 7) is 0. The molecule has 3 nitrogen and oxygen atoms in total. The molecule has 0 atom stereocenters. The highest BCUT2D eigenvalue weighted by Gasteiger charge is 2.00. The van der Waals surface area contributed by atoms with Crippen LogP contribution in [-0.4, -0.2) is 11.1 Å². The number of aliphatic carboxylic acids is 1. The predicted molar refractivity (Wildman–Crippen MR) is 44.4 cm³/mol. The van der Waals surface area contributed by atoms with Gasteiger partial charge in [-0.05, 0) is 25.0 Å². The van der Waals surface area contributed by atoms with Gasteiger partial charge in [0.25, 0.3) is 0 Å². The summed E-state index contributed by atoms with van der Waals surface area (Å²) < 4.78 is 5.09. The van der Waals surface area contributed by atoms with Crippen LogP contribution in [0.25, 0.3) is 0 Å². The second-order valence-electron chi connectivity index (χ2n) is 2.65. The molecule has 0 amide bonds. The maximum absolute atomic E-state index is 10.1. The third-order valence-electron chi connectivity index (χ3n) is 1.60. The van der Waals surface area contributed by atoms with Crippen LogP contribution >= 0.6 is 0 Å².